The van der Waals surface area contributed by atoms with Gasteiger partial charge in [-0.2, -0.15) is 0 Å². The minimum absolute atomic E-state index is 0.0300. The number of amides is 1. The van der Waals surface area contributed by atoms with E-state index in [-0.39, 0.29) is 18.1 Å². The van der Waals surface area contributed by atoms with Gasteiger partial charge in [0.1, 0.15) is 0 Å². The van der Waals surface area contributed by atoms with Gasteiger partial charge in [0, 0.05) is 22.6 Å². The second-order valence-electron chi connectivity index (χ2n) is 4.17. The summed E-state index contributed by atoms with van der Waals surface area (Å²) < 4.78 is 7.04. The summed E-state index contributed by atoms with van der Waals surface area (Å²) in [6, 6.07) is 5.45. The van der Waals surface area contributed by atoms with Gasteiger partial charge in [-0.05, 0) is 40.5 Å². The fourth-order valence-corrected chi connectivity index (χ4v) is 3.04. The van der Waals surface area contributed by atoms with Gasteiger partial charge in [0.05, 0.1) is 17.8 Å². The molecule has 1 amide bonds. The van der Waals surface area contributed by atoms with Crippen LogP contribution in [0, 0.1) is 0 Å². The molecule has 18 heavy (non-hydrogen) atoms. The van der Waals surface area contributed by atoms with Crippen LogP contribution in [-0.2, 0) is 9.53 Å². The molecular weight excluding hydrogens is 364 g/mol. The molecule has 1 saturated heterocycles. The van der Waals surface area contributed by atoms with Gasteiger partial charge in [0.2, 0.25) is 5.91 Å². The van der Waals surface area contributed by atoms with Crippen molar-refractivity contribution >= 4 is 43.5 Å². The third kappa shape index (κ3) is 3.32. The summed E-state index contributed by atoms with van der Waals surface area (Å²) in [5.41, 5.74) is 0.769. The summed E-state index contributed by atoms with van der Waals surface area (Å²) in [4.78, 5) is 12.1. The van der Waals surface area contributed by atoms with Crippen LogP contribution in [0.2, 0.25) is 0 Å². The fourth-order valence-electron chi connectivity index (χ4n) is 1.89. The lowest BCUT2D eigenvalue weighted by molar-refractivity contribution is -0.118. The summed E-state index contributed by atoms with van der Waals surface area (Å²) in [5, 5.41) is 6.05. The summed E-state index contributed by atoms with van der Waals surface area (Å²) in [6.07, 6.45) is 0.824. The Balaban J connectivity index is 1.99. The second-order valence-corrected chi connectivity index (χ2v) is 5.94. The topological polar surface area (TPSA) is 50.4 Å². The molecule has 1 aliphatic rings. The number of nitrogens with one attached hydrogen (secondary N) is 2. The number of anilines is 1. The SMILES string of the molecule is COC1CNC(C(=O)Nc2ccc(Br)cc2Br)C1. The van der Waals surface area contributed by atoms with Gasteiger partial charge in [-0.1, -0.05) is 15.9 Å². The Bertz CT molecular complexity index is 454. The average Bonchev–Trinajstić information content (AvgIpc) is 2.81. The van der Waals surface area contributed by atoms with E-state index in [0.717, 1.165) is 21.2 Å². The maximum atomic E-state index is 12.1. The first-order valence-corrected chi connectivity index (χ1v) is 7.21. The lowest BCUT2D eigenvalue weighted by Crippen LogP contribution is -2.35. The van der Waals surface area contributed by atoms with Gasteiger partial charge in [-0.15, -0.1) is 0 Å². The molecule has 0 aliphatic carbocycles. The molecule has 2 N–H and O–H groups in total. The van der Waals surface area contributed by atoms with Crippen LogP contribution in [0.15, 0.2) is 27.1 Å². The van der Waals surface area contributed by atoms with E-state index in [1.54, 1.807) is 7.11 Å². The third-order valence-corrected chi connectivity index (χ3v) is 4.08. The molecule has 2 rings (SSSR count). The van der Waals surface area contributed by atoms with Crippen LogP contribution in [0.5, 0.6) is 0 Å². The van der Waals surface area contributed by atoms with Gasteiger partial charge in [0.15, 0.2) is 0 Å². The van der Waals surface area contributed by atoms with Crippen molar-refractivity contribution in [2.24, 2.45) is 0 Å². The van der Waals surface area contributed by atoms with Gasteiger partial charge < -0.3 is 15.4 Å². The summed E-state index contributed by atoms with van der Waals surface area (Å²) in [7, 11) is 1.66. The molecule has 0 radical (unpaired) electrons. The minimum Gasteiger partial charge on any atom is -0.380 e. The molecule has 0 spiro atoms. The van der Waals surface area contributed by atoms with E-state index in [4.69, 9.17) is 4.74 Å². The van der Waals surface area contributed by atoms with Crippen molar-refractivity contribution in [2.75, 3.05) is 19.0 Å². The number of hydrogen-bond acceptors (Lipinski definition) is 3. The van der Waals surface area contributed by atoms with E-state index < -0.39 is 0 Å². The zero-order chi connectivity index (χ0) is 13.1. The van der Waals surface area contributed by atoms with Gasteiger partial charge in [-0.25, -0.2) is 0 Å². The van der Waals surface area contributed by atoms with Crippen LogP contribution < -0.4 is 10.6 Å². The first-order valence-electron chi connectivity index (χ1n) is 5.62. The quantitative estimate of drug-likeness (QED) is 0.850. The Kier molecular flexibility index (Phi) is 4.77. The van der Waals surface area contributed by atoms with Crippen molar-refractivity contribution in [3.63, 3.8) is 0 Å². The smallest absolute Gasteiger partial charge is 0.241 e. The van der Waals surface area contributed by atoms with E-state index in [9.17, 15) is 4.79 Å². The molecule has 1 aliphatic heterocycles. The average molecular weight is 378 g/mol. The highest BCUT2D eigenvalue weighted by atomic mass is 79.9. The van der Waals surface area contributed by atoms with Crippen molar-refractivity contribution in [2.45, 2.75) is 18.6 Å². The first-order chi connectivity index (χ1) is 8.60. The van der Waals surface area contributed by atoms with Crippen LogP contribution in [0.25, 0.3) is 0 Å². The predicted molar refractivity (Wildman–Crippen MR) is 77.7 cm³/mol. The molecule has 98 valence electrons. The van der Waals surface area contributed by atoms with Crippen LogP contribution in [-0.4, -0.2) is 31.7 Å². The summed E-state index contributed by atoms with van der Waals surface area (Å²) >= 11 is 6.79. The van der Waals surface area contributed by atoms with Crippen molar-refractivity contribution in [1.82, 2.24) is 5.32 Å². The molecule has 2 atom stereocenters. The van der Waals surface area contributed by atoms with Crippen LogP contribution in [0.4, 0.5) is 5.69 Å². The largest absolute Gasteiger partial charge is 0.380 e. The normalized spacial score (nSPS) is 23.1. The molecule has 1 aromatic rings. The number of rotatable bonds is 3. The monoisotopic (exact) mass is 376 g/mol. The van der Waals surface area contributed by atoms with Gasteiger partial charge in [-0.3, -0.25) is 4.79 Å². The molecule has 1 aromatic carbocycles. The van der Waals surface area contributed by atoms with Crippen molar-refractivity contribution in [3.05, 3.63) is 27.1 Å². The number of carbonyl (C=O) groups excluding carboxylic acids is 1. The Morgan fingerprint density at radius 3 is 2.89 bits per heavy atom. The Morgan fingerprint density at radius 1 is 1.50 bits per heavy atom. The maximum Gasteiger partial charge on any atom is 0.241 e. The molecule has 0 bridgehead atoms. The third-order valence-electron chi connectivity index (χ3n) is 2.93. The predicted octanol–water partition coefficient (Wildman–Crippen LogP) is 2.53. The van der Waals surface area contributed by atoms with Crippen LogP contribution in [0.1, 0.15) is 6.42 Å². The van der Waals surface area contributed by atoms with Crippen molar-refractivity contribution in [1.29, 1.82) is 0 Å². The minimum atomic E-state index is -0.189. The number of halogens is 2. The van der Waals surface area contributed by atoms with Gasteiger partial charge >= 0.3 is 0 Å². The molecule has 4 nitrogen and oxygen atoms in total. The molecule has 1 heterocycles. The number of ether oxygens (including phenoxy) is 1. The van der Waals surface area contributed by atoms with E-state index in [2.05, 4.69) is 42.5 Å². The highest BCUT2D eigenvalue weighted by molar-refractivity contribution is 9.11. The van der Waals surface area contributed by atoms with Crippen LogP contribution >= 0.6 is 31.9 Å². The first kappa shape index (κ1) is 14.0. The molecular formula is C12H14Br2N2O2. The van der Waals surface area contributed by atoms with Crippen LogP contribution in [0.3, 0.4) is 0 Å². The summed E-state index contributed by atoms with van der Waals surface area (Å²) in [5.74, 6) is -0.0300. The highest BCUT2D eigenvalue weighted by Gasteiger charge is 2.29. The van der Waals surface area contributed by atoms with Crippen molar-refractivity contribution < 1.29 is 9.53 Å². The fraction of sp³-hybridized carbons (Fsp3) is 0.417. The zero-order valence-electron chi connectivity index (χ0n) is 9.87. The Labute approximate surface area is 123 Å². The van der Waals surface area contributed by atoms with Crippen molar-refractivity contribution in [3.8, 4) is 0 Å². The molecule has 0 saturated carbocycles. The lowest BCUT2D eigenvalue weighted by Gasteiger charge is -2.12. The van der Waals surface area contributed by atoms with Gasteiger partial charge in [0.25, 0.3) is 0 Å². The maximum absolute atomic E-state index is 12.1. The number of methoxy groups -OCH3 is 1. The lowest BCUT2D eigenvalue weighted by atomic mass is 10.2. The van der Waals surface area contributed by atoms with E-state index in [1.165, 1.54) is 0 Å². The Hall–Kier alpha value is -0.430. The Morgan fingerprint density at radius 2 is 2.28 bits per heavy atom. The number of benzene rings is 1. The zero-order valence-corrected chi connectivity index (χ0v) is 13.0. The standard InChI is InChI=1S/C12H14Br2N2O2/c1-18-8-5-11(15-6-8)12(17)16-10-3-2-7(13)4-9(10)14/h2-4,8,11,15H,5-6H2,1H3,(H,16,17). The molecule has 0 aromatic heterocycles. The van der Waals surface area contributed by atoms with E-state index >= 15 is 0 Å². The summed E-state index contributed by atoms with van der Waals surface area (Å²) in [6.45, 7) is 0.718. The van der Waals surface area contributed by atoms with E-state index in [0.29, 0.717) is 6.42 Å². The highest BCUT2D eigenvalue weighted by Crippen LogP contribution is 2.26. The number of carbonyl (C=O) groups is 1. The molecule has 6 heteroatoms. The van der Waals surface area contributed by atoms with E-state index in [1.807, 2.05) is 18.2 Å². The number of hydrogen-bond donors (Lipinski definition) is 2. The second kappa shape index (κ2) is 6.14. The molecule has 2 unspecified atom stereocenters. The molecule has 1 fully saturated rings.